The predicted molar refractivity (Wildman–Crippen MR) is 74.2 cm³/mol. The van der Waals surface area contributed by atoms with Crippen LogP contribution in [0.25, 0.3) is 0 Å². The van der Waals surface area contributed by atoms with Crippen molar-refractivity contribution in [3.63, 3.8) is 0 Å². The van der Waals surface area contributed by atoms with E-state index in [1.807, 2.05) is 0 Å². The lowest BCUT2D eigenvalue weighted by Gasteiger charge is -2.36. The van der Waals surface area contributed by atoms with Crippen LogP contribution in [0, 0.1) is 11.3 Å². The fraction of sp³-hybridized carbons (Fsp3) is 0.846. The molecule has 0 aromatic heterocycles. The molecule has 2 aliphatic rings. The second-order valence-electron chi connectivity index (χ2n) is 5.22. The zero-order valence-electron chi connectivity index (χ0n) is 11.4. The predicted octanol–water partition coefficient (Wildman–Crippen LogP) is 0.867. The maximum atomic E-state index is 12.4. The number of carbonyl (C=O) groups is 2. The van der Waals surface area contributed by atoms with E-state index in [2.05, 4.69) is 10.6 Å². The number of nitrogens with one attached hydrogen (secondary N) is 2. The first kappa shape index (κ1) is 16.2. The molecule has 2 atom stereocenters. The molecule has 1 aliphatic heterocycles. The van der Waals surface area contributed by atoms with E-state index in [1.54, 1.807) is 6.92 Å². The van der Waals surface area contributed by atoms with Crippen molar-refractivity contribution < 1.29 is 14.3 Å². The lowest BCUT2D eigenvalue weighted by atomic mass is 9.67. The van der Waals surface area contributed by atoms with Crippen LogP contribution in [-0.2, 0) is 14.3 Å². The molecule has 0 spiro atoms. The normalized spacial score (nSPS) is 29.0. The molecule has 19 heavy (non-hydrogen) atoms. The molecule has 1 saturated carbocycles. The van der Waals surface area contributed by atoms with Crippen LogP contribution in [0.1, 0.15) is 32.6 Å². The Bertz CT molecular complexity index is 338. The lowest BCUT2D eigenvalue weighted by molar-refractivity contribution is -0.145. The summed E-state index contributed by atoms with van der Waals surface area (Å²) in [5.74, 6) is 0.0827. The third-order valence-corrected chi connectivity index (χ3v) is 4.19. The van der Waals surface area contributed by atoms with Crippen LogP contribution < -0.4 is 10.6 Å². The van der Waals surface area contributed by atoms with E-state index in [1.165, 1.54) is 6.42 Å². The van der Waals surface area contributed by atoms with Gasteiger partial charge in [-0.15, -0.1) is 12.4 Å². The van der Waals surface area contributed by atoms with E-state index in [0.717, 1.165) is 32.4 Å². The number of hydrogen-bond acceptors (Lipinski definition) is 4. The van der Waals surface area contributed by atoms with Crippen molar-refractivity contribution in [2.75, 3.05) is 26.2 Å². The van der Waals surface area contributed by atoms with Crippen LogP contribution in [-0.4, -0.2) is 38.1 Å². The molecular weight excluding hydrogens is 268 g/mol. The molecule has 0 bridgehead atoms. The van der Waals surface area contributed by atoms with Crippen molar-refractivity contribution >= 4 is 24.3 Å². The third-order valence-electron chi connectivity index (χ3n) is 4.19. The number of esters is 1. The van der Waals surface area contributed by atoms with E-state index in [0.29, 0.717) is 12.5 Å². The summed E-state index contributed by atoms with van der Waals surface area (Å²) in [5.41, 5.74) is -0.287. The Kier molecular flexibility index (Phi) is 6.07. The van der Waals surface area contributed by atoms with Gasteiger partial charge in [0.05, 0.1) is 12.0 Å². The van der Waals surface area contributed by atoms with Crippen LogP contribution in [0.15, 0.2) is 0 Å². The van der Waals surface area contributed by atoms with Crippen molar-refractivity contribution in [2.45, 2.75) is 32.6 Å². The molecule has 6 heteroatoms. The van der Waals surface area contributed by atoms with Gasteiger partial charge < -0.3 is 15.4 Å². The molecule has 5 nitrogen and oxygen atoms in total. The molecule has 1 saturated heterocycles. The summed E-state index contributed by atoms with van der Waals surface area (Å²) < 4.78 is 4.82. The largest absolute Gasteiger partial charge is 0.465 e. The van der Waals surface area contributed by atoms with Crippen LogP contribution in [0.3, 0.4) is 0 Å². The molecule has 2 fully saturated rings. The molecule has 1 heterocycles. The van der Waals surface area contributed by atoms with Gasteiger partial charge >= 0.3 is 5.97 Å². The van der Waals surface area contributed by atoms with Gasteiger partial charge in [0.25, 0.3) is 0 Å². The number of halogens is 1. The lowest BCUT2D eigenvalue weighted by Crippen LogP contribution is -2.49. The summed E-state index contributed by atoms with van der Waals surface area (Å²) >= 11 is 0. The van der Waals surface area contributed by atoms with Crippen LogP contribution >= 0.6 is 12.4 Å². The molecule has 2 rings (SSSR count). The van der Waals surface area contributed by atoms with E-state index >= 15 is 0 Å². The minimum atomic E-state index is -0.361. The van der Waals surface area contributed by atoms with Gasteiger partial charge in [-0.3, -0.25) is 9.59 Å². The van der Waals surface area contributed by atoms with Crippen LogP contribution in [0.2, 0.25) is 0 Å². The molecule has 2 N–H and O–H groups in total. The molecule has 0 unspecified atom stereocenters. The summed E-state index contributed by atoms with van der Waals surface area (Å²) in [4.78, 5) is 23.6. The van der Waals surface area contributed by atoms with Gasteiger partial charge in [0, 0.05) is 6.54 Å². The minimum absolute atomic E-state index is 0. The molecular formula is C13H23ClN2O3. The van der Waals surface area contributed by atoms with Gasteiger partial charge in [0.15, 0.2) is 0 Å². The number of rotatable bonds is 4. The maximum Gasteiger partial charge on any atom is 0.325 e. The molecule has 110 valence electrons. The van der Waals surface area contributed by atoms with Gasteiger partial charge in [-0.25, -0.2) is 0 Å². The van der Waals surface area contributed by atoms with E-state index in [9.17, 15) is 9.59 Å². The fourth-order valence-corrected chi connectivity index (χ4v) is 3.23. The highest BCUT2D eigenvalue weighted by atomic mass is 35.5. The highest BCUT2D eigenvalue weighted by Crippen LogP contribution is 2.43. The topological polar surface area (TPSA) is 67.4 Å². The minimum Gasteiger partial charge on any atom is -0.465 e. The van der Waals surface area contributed by atoms with Crippen LogP contribution in [0.5, 0.6) is 0 Å². The molecule has 1 amide bonds. The van der Waals surface area contributed by atoms with Crippen molar-refractivity contribution in [2.24, 2.45) is 11.3 Å². The van der Waals surface area contributed by atoms with Gasteiger partial charge in [-0.05, 0) is 32.2 Å². The van der Waals surface area contributed by atoms with Crippen molar-refractivity contribution in [3.05, 3.63) is 0 Å². The quantitative estimate of drug-likeness (QED) is 0.754. The summed E-state index contributed by atoms with van der Waals surface area (Å²) in [6, 6.07) is 0. The first-order valence-electron chi connectivity index (χ1n) is 6.83. The summed E-state index contributed by atoms with van der Waals surface area (Å²) in [6.07, 6.45) is 4.35. The van der Waals surface area contributed by atoms with E-state index in [-0.39, 0.29) is 36.2 Å². The van der Waals surface area contributed by atoms with E-state index < -0.39 is 0 Å². The van der Waals surface area contributed by atoms with Crippen molar-refractivity contribution in [1.29, 1.82) is 0 Å². The monoisotopic (exact) mass is 290 g/mol. The number of amides is 1. The zero-order chi connectivity index (χ0) is 13.0. The van der Waals surface area contributed by atoms with Crippen LogP contribution in [0.4, 0.5) is 0 Å². The highest BCUT2D eigenvalue weighted by Gasteiger charge is 2.49. The van der Waals surface area contributed by atoms with E-state index in [4.69, 9.17) is 4.74 Å². The third kappa shape index (κ3) is 3.39. The molecule has 0 radical (unpaired) electrons. The van der Waals surface area contributed by atoms with Crippen molar-refractivity contribution in [3.8, 4) is 0 Å². The van der Waals surface area contributed by atoms with Gasteiger partial charge in [0.2, 0.25) is 5.91 Å². The Morgan fingerprint density at radius 1 is 1.42 bits per heavy atom. The smallest absolute Gasteiger partial charge is 0.325 e. The average molecular weight is 291 g/mol. The Morgan fingerprint density at radius 3 is 2.95 bits per heavy atom. The number of carbonyl (C=O) groups excluding carboxylic acids is 2. The summed E-state index contributed by atoms with van der Waals surface area (Å²) in [7, 11) is 0. The van der Waals surface area contributed by atoms with Crippen molar-refractivity contribution in [1.82, 2.24) is 10.6 Å². The Hall–Kier alpha value is -0.810. The van der Waals surface area contributed by atoms with Gasteiger partial charge in [-0.2, -0.15) is 0 Å². The average Bonchev–Trinajstić information content (AvgIpc) is 2.81. The highest BCUT2D eigenvalue weighted by molar-refractivity contribution is 5.87. The SMILES string of the molecule is CCOC(=O)CNC(=O)[C@@]12CCCC[C@H]1CNC2.Cl. The molecule has 0 aromatic carbocycles. The summed E-state index contributed by atoms with van der Waals surface area (Å²) in [5, 5.41) is 6.07. The summed E-state index contributed by atoms with van der Waals surface area (Å²) in [6.45, 7) is 3.76. The maximum absolute atomic E-state index is 12.4. The second kappa shape index (κ2) is 7.10. The first-order valence-corrected chi connectivity index (χ1v) is 6.83. The van der Waals surface area contributed by atoms with Gasteiger partial charge in [0.1, 0.15) is 6.54 Å². The molecule has 0 aromatic rings. The Balaban J connectivity index is 0.00000180. The zero-order valence-corrected chi connectivity index (χ0v) is 12.2. The first-order chi connectivity index (χ1) is 8.69. The number of fused-ring (bicyclic) bond motifs is 1. The van der Waals surface area contributed by atoms with Gasteiger partial charge in [-0.1, -0.05) is 12.8 Å². The molecule has 1 aliphatic carbocycles. The standard InChI is InChI=1S/C13H22N2O3.ClH/c1-2-18-11(16)8-15-12(17)13-6-4-3-5-10(13)7-14-9-13;/h10,14H,2-9H2,1H3,(H,15,17);1H/t10-,13+;/m0./s1. The Labute approximate surface area is 120 Å². The second-order valence-corrected chi connectivity index (χ2v) is 5.22. The number of ether oxygens (including phenoxy) is 1. The number of hydrogen-bond donors (Lipinski definition) is 2. The fourth-order valence-electron chi connectivity index (χ4n) is 3.23. The Morgan fingerprint density at radius 2 is 2.21 bits per heavy atom.